The molecule has 3 N–H and O–H groups in total. The van der Waals surface area contributed by atoms with E-state index in [-0.39, 0.29) is 18.4 Å². The number of hydrogen-bond donors (Lipinski definition) is 2. The summed E-state index contributed by atoms with van der Waals surface area (Å²) in [6.45, 7) is 2.08. The molecule has 1 unspecified atom stereocenters. The number of amides is 1. The fourth-order valence-corrected chi connectivity index (χ4v) is 2.79. The highest BCUT2D eigenvalue weighted by molar-refractivity contribution is 7.14. The normalized spacial score (nSPS) is 12.1. The first-order valence-electron chi connectivity index (χ1n) is 5.92. The molecule has 1 atom stereocenters. The molecule has 0 saturated carbocycles. The van der Waals surface area contributed by atoms with Gasteiger partial charge in [0, 0.05) is 11.7 Å². The lowest BCUT2D eigenvalue weighted by Crippen LogP contribution is -2.13. The van der Waals surface area contributed by atoms with Crippen molar-refractivity contribution in [3.8, 4) is 0 Å². The van der Waals surface area contributed by atoms with Crippen LogP contribution in [-0.2, 0) is 11.2 Å². The molecule has 2 rings (SSSR count). The van der Waals surface area contributed by atoms with Gasteiger partial charge in [0.2, 0.25) is 5.91 Å². The number of halogens is 1. The van der Waals surface area contributed by atoms with Gasteiger partial charge in [-0.25, -0.2) is 0 Å². The summed E-state index contributed by atoms with van der Waals surface area (Å²) in [5, 5.41) is 5.43. The van der Waals surface area contributed by atoms with Crippen molar-refractivity contribution in [3.05, 3.63) is 51.2 Å². The fourth-order valence-electron chi connectivity index (χ4n) is 1.80. The molecule has 0 aliphatic rings. The summed E-state index contributed by atoms with van der Waals surface area (Å²) >= 11 is 7.45. The summed E-state index contributed by atoms with van der Waals surface area (Å²) in [7, 11) is 0. The molecule has 19 heavy (non-hydrogen) atoms. The van der Waals surface area contributed by atoms with Gasteiger partial charge in [0.15, 0.2) is 0 Å². The minimum Gasteiger partial charge on any atom is -0.378 e. The number of carbonyl (C=O) groups excluding carboxylic acids is 1. The van der Waals surface area contributed by atoms with E-state index in [0.29, 0.717) is 0 Å². The van der Waals surface area contributed by atoms with Crippen molar-refractivity contribution in [2.45, 2.75) is 19.4 Å². The Morgan fingerprint density at radius 2 is 2.11 bits per heavy atom. The van der Waals surface area contributed by atoms with E-state index in [4.69, 9.17) is 17.3 Å². The maximum Gasteiger partial charge on any atom is 0.221 e. The molecule has 0 aliphatic heterocycles. The monoisotopic (exact) mass is 294 g/mol. The average molecular weight is 295 g/mol. The zero-order chi connectivity index (χ0) is 13.8. The van der Waals surface area contributed by atoms with Crippen LogP contribution in [0.15, 0.2) is 35.7 Å². The van der Waals surface area contributed by atoms with Crippen molar-refractivity contribution >= 4 is 34.5 Å². The van der Waals surface area contributed by atoms with Gasteiger partial charge in [-0.15, -0.1) is 11.3 Å². The zero-order valence-electron chi connectivity index (χ0n) is 10.5. The van der Waals surface area contributed by atoms with Gasteiger partial charge in [0.05, 0.1) is 10.8 Å². The average Bonchev–Trinajstić information content (AvgIpc) is 2.78. The van der Waals surface area contributed by atoms with Gasteiger partial charge in [-0.2, -0.15) is 0 Å². The summed E-state index contributed by atoms with van der Waals surface area (Å²) in [6, 6.07) is 9.85. The molecule has 0 radical (unpaired) electrons. The van der Waals surface area contributed by atoms with Crippen LogP contribution in [0, 0.1) is 0 Å². The second-order valence-electron chi connectivity index (χ2n) is 4.39. The first kappa shape index (κ1) is 13.9. The van der Waals surface area contributed by atoms with E-state index >= 15 is 0 Å². The Kier molecular flexibility index (Phi) is 4.45. The SMILES string of the molecule is CC(Nc1ccc(CC(N)=O)cc1)c1csc(Cl)c1. The number of anilines is 1. The maximum absolute atomic E-state index is 10.8. The molecule has 0 bridgehead atoms. The largest absolute Gasteiger partial charge is 0.378 e. The first-order valence-corrected chi connectivity index (χ1v) is 7.18. The molecule has 1 amide bonds. The van der Waals surface area contributed by atoms with Gasteiger partial charge in [0.25, 0.3) is 0 Å². The second kappa shape index (κ2) is 6.08. The Morgan fingerprint density at radius 3 is 2.63 bits per heavy atom. The summed E-state index contributed by atoms with van der Waals surface area (Å²) in [6.07, 6.45) is 0.274. The van der Waals surface area contributed by atoms with Crippen LogP contribution < -0.4 is 11.1 Å². The summed E-state index contributed by atoms with van der Waals surface area (Å²) in [5.74, 6) is -0.318. The predicted molar refractivity (Wildman–Crippen MR) is 80.7 cm³/mol. The topological polar surface area (TPSA) is 55.1 Å². The van der Waals surface area contributed by atoms with Crippen molar-refractivity contribution in [1.29, 1.82) is 0 Å². The smallest absolute Gasteiger partial charge is 0.221 e. The van der Waals surface area contributed by atoms with Crippen LogP contribution in [0.2, 0.25) is 4.34 Å². The third-order valence-electron chi connectivity index (χ3n) is 2.80. The molecule has 0 spiro atoms. The Balaban J connectivity index is 2.01. The molecule has 0 fully saturated rings. The summed E-state index contributed by atoms with van der Waals surface area (Å²) in [4.78, 5) is 10.8. The van der Waals surface area contributed by atoms with Crippen molar-refractivity contribution in [2.24, 2.45) is 5.73 Å². The van der Waals surface area contributed by atoms with Gasteiger partial charge in [0.1, 0.15) is 0 Å². The maximum atomic E-state index is 10.8. The van der Waals surface area contributed by atoms with Crippen LogP contribution in [0.5, 0.6) is 0 Å². The van der Waals surface area contributed by atoms with Gasteiger partial charge in [-0.05, 0) is 41.6 Å². The standard InChI is InChI=1S/C14H15ClN2OS/c1-9(11-7-13(15)19-8-11)17-12-4-2-10(3-5-12)6-14(16)18/h2-5,7-9,17H,6H2,1H3,(H2,16,18). The number of carbonyl (C=O) groups is 1. The molecule has 1 heterocycles. The number of rotatable bonds is 5. The molecule has 2 aromatic rings. The lowest BCUT2D eigenvalue weighted by molar-refractivity contribution is -0.117. The third kappa shape index (κ3) is 3.98. The van der Waals surface area contributed by atoms with Crippen LogP contribution in [0.3, 0.4) is 0 Å². The summed E-state index contributed by atoms with van der Waals surface area (Å²) in [5.41, 5.74) is 8.24. The van der Waals surface area contributed by atoms with Crippen molar-refractivity contribution in [3.63, 3.8) is 0 Å². The van der Waals surface area contributed by atoms with E-state index in [1.807, 2.05) is 35.7 Å². The van der Waals surface area contributed by atoms with Crippen molar-refractivity contribution in [2.75, 3.05) is 5.32 Å². The predicted octanol–water partition coefficient (Wildman–Crippen LogP) is 3.60. The molecular weight excluding hydrogens is 280 g/mol. The van der Waals surface area contributed by atoms with Gasteiger partial charge >= 0.3 is 0 Å². The van der Waals surface area contributed by atoms with Crippen LogP contribution in [0.1, 0.15) is 24.1 Å². The van der Waals surface area contributed by atoms with Crippen LogP contribution in [0.25, 0.3) is 0 Å². The lowest BCUT2D eigenvalue weighted by Gasteiger charge is -2.14. The molecule has 1 aromatic carbocycles. The third-order valence-corrected chi connectivity index (χ3v) is 3.91. The van der Waals surface area contributed by atoms with E-state index in [9.17, 15) is 4.79 Å². The Hall–Kier alpha value is -1.52. The number of hydrogen-bond acceptors (Lipinski definition) is 3. The Morgan fingerprint density at radius 1 is 1.42 bits per heavy atom. The van der Waals surface area contributed by atoms with E-state index in [0.717, 1.165) is 21.2 Å². The highest BCUT2D eigenvalue weighted by Gasteiger charge is 2.07. The second-order valence-corrected chi connectivity index (χ2v) is 5.93. The van der Waals surface area contributed by atoms with Gasteiger partial charge < -0.3 is 11.1 Å². The van der Waals surface area contributed by atoms with E-state index in [1.165, 1.54) is 11.3 Å². The van der Waals surface area contributed by atoms with Crippen molar-refractivity contribution < 1.29 is 4.79 Å². The molecule has 3 nitrogen and oxygen atoms in total. The number of thiophene rings is 1. The van der Waals surface area contributed by atoms with Crippen LogP contribution in [-0.4, -0.2) is 5.91 Å². The number of nitrogens with one attached hydrogen (secondary N) is 1. The van der Waals surface area contributed by atoms with Gasteiger partial charge in [-0.3, -0.25) is 4.79 Å². The lowest BCUT2D eigenvalue weighted by atomic mass is 10.1. The molecule has 100 valence electrons. The summed E-state index contributed by atoms with van der Waals surface area (Å²) < 4.78 is 0.792. The van der Waals surface area contributed by atoms with Crippen LogP contribution in [0.4, 0.5) is 5.69 Å². The van der Waals surface area contributed by atoms with E-state index in [1.54, 1.807) is 0 Å². The molecule has 1 aromatic heterocycles. The van der Waals surface area contributed by atoms with E-state index < -0.39 is 0 Å². The fraction of sp³-hybridized carbons (Fsp3) is 0.214. The highest BCUT2D eigenvalue weighted by atomic mass is 35.5. The quantitative estimate of drug-likeness (QED) is 0.885. The van der Waals surface area contributed by atoms with E-state index in [2.05, 4.69) is 12.2 Å². The highest BCUT2D eigenvalue weighted by Crippen LogP contribution is 2.27. The zero-order valence-corrected chi connectivity index (χ0v) is 12.1. The van der Waals surface area contributed by atoms with Crippen molar-refractivity contribution in [1.82, 2.24) is 0 Å². The molecule has 0 saturated heterocycles. The van der Waals surface area contributed by atoms with Crippen LogP contribution >= 0.6 is 22.9 Å². The number of nitrogens with two attached hydrogens (primary N) is 1. The van der Waals surface area contributed by atoms with Gasteiger partial charge in [-0.1, -0.05) is 23.7 Å². The molecule has 5 heteroatoms. The molecular formula is C14H15ClN2OS. The Bertz CT molecular complexity index is 565. The minimum absolute atomic E-state index is 0.186. The number of primary amides is 1. The minimum atomic E-state index is -0.318. The Labute approximate surface area is 121 Å². The first-order chi connectivity index (χ1) is 9.04. The number of benzene rings is 1. The molecule has 0 aliphatic carbocycles.